The quantitative estimate of drug-likeness (QED) is 0.317. The number of piperidine rings is 1. The molecule has 7 nitrogen and oxygen atoms in total. The first-order chi connectivity index (χ1) is 18.3. The van der Waals surface area contributed by atoms with Crippen molar-refractivity contribution in [1.29, 1.82) is 0 Å². The van der Waals surface area contributed by atoms with Crippen molar-refractivity contribution in [1.82, 2.24) is 14.9 Å². The van der Waals surface area contributed by atoms with Crippen LogP contribution >= 0.6 is 0 Å². The minimum Gasteiger partial charge on any atom is -0.493 e. The van der Waals surface area contributed by atoms with Gasteiger partial charge in [0.15, 0.2) is 11.5 Å². The van der Waals surface area contributed by atoms with Crippen LogP contribution in [0.15, 0.2) is 66.7 Å². The van der Waals surface area contributed by atoms with Crippen LogP contribution in [0.3, 0.4) is 0 Å². The maximum atomic E-state index is 13.2. The fourth-order valence-corrected chi connectivity index (χ4v) is 4.57. The van der Waals surface area contributed by atoms with E-state index in [9.17, 15) is 18.0 Å². The van der Waals surface area contributed by atoms with Gasteiger partial charge in [-0.3, -0.25) is 4.79 Å². The van der Waals surface area contributed by atoms with E-state index in [4.69, 9.17) is 14.5 Å². The van der Waals surface area contributed by atoms with Crippen LogP contribution in [-0.4, -0.2) is 47.3 Å². The fraction of sp³-hybridized carbons (Fsp3) is 0.286. The van der Waals surface area contributed by atoms with E-state index < -0.39 is 6.36 Å². The first-order valence-electron chi connectivity index (χ1n) is 12.2. The second kappa shape index (κ2) is 10.6. The van der Waals surface area contributed by atoms with Crippen LogP contribution < -0.4 is 14.2 Å². The van der Waals surface area contributed by atoms with Crippen LogP contribution in [0.2, 0.25) is 0 Å². The van der Waals surface area contributed by atoms with E-state index in [1.165, 1.54) is 31.4 Å². The molecule has 2 heterocycles. The molecule has 38 heavy (non-hydrogen) atoms. The third-order valence-electron chi connectivity index (χ3n) is 6.54. The van der Waals surface area contributed by atoms with E-state index in [-0.39, 0.29) is 24.2 Å². The van der Waals surface area contributed by atoms with Crippen LogP contribution in [0, 0.1) is 0 Å². The van der Waals surface area contributed by atoms with Gasteiger partial charge in [-0.2, -0.15) is 0 Å². The lowest BCUT2D eigenvalue weighted by atomic mass is 9.95. The summed E-state index contributed by atoms with van der Waals surface area (Å²) in [6.45, 7) is 1.34. The van der Waals surface area contributed by atoms with Crippen molar-refractivity contribution >= 4 is 16.9 Å². The molecule has 1 aliphatic heterocycles. The molecule has 0 unspecified atom stereocenters. The average molecular weight is 526 g/mol. The van der Waals surface area contributed by atoms with E-state index in [0.29, 0.717) is 35.7 Å². The predicted molar refractivity (Wildman–Crippen MR) is 134 cm³/mol. The van der Waals surface area contributed by atoms with E-state index in [2.05, 4.69) is 9.72 Å². The molecular formula is C28H26F3N3O4. The number of aromatic amines is 1. The van der Waals surface area contributed by atoms with E-state index in [1.807, 2.05) is 29.2 Å². The van der Waals surface area contributed by atoms with E-state index >= 15 is 0 Å². The lowest BCUT2D eigenvalue weighted by molar-refractivity contribution is -0.274. The standard InChI is InChI=1S/C28H26F3N3O4/c1-36-25-16-20(8-11-24(25)37-17-18-6-9-21(10-7-18)38-28(29,30)31)27(35)34-14-12-19(13-15-34)26-32-22-4-2-3-5-23(22)33-26/h2-11,16,19H,12-15,17H2,1H3,(H,32,33). The zero-order valence-corrected chi connectivity index (χ0v) is 20.6. The normalized spacial score (nSPS) is 14.5. The predicted octanol–water partition coefficient (Wildman–Crippen LogP) is 6.07. The average Bonchev–Trinajstić information content (AvgIpc) is 3.36. The van der Waals surface area contributed by atoms with Gasteiger partial charge in [-0.15, -0.1) is 13.2 Å². The SMILES string of the molecule is COc1cc(C(=O)N2CCC(c3nc4ccccc4[nH]3)CC2)ccc1OCc1ccc(OC(F)(F)F)cc1. The number of amides is 1. The number of halogens is 3. The number of rotatable bonds is 7. The largest absolute Gasteiger partial charge is 0.573 e. The number of carbonyl (C=O) groups excluding carboxylic acids is 1. The van der Waals surface area contributed by atoms with Crippen molar-refractivity contribution in [2.24, 2.45) is 0 Å². The summed E-state index contributed by atoms with van der Waals surface area (Å²) in [6.07, 6.45) is -3.11. The highest BCUT2D eigenvalue weighted by Crippen LogP contribution is 2.32. The summed E-state index contributed by atoms with van der Waals surface area (Å²) in [5, 5.41) is 0. The van der Waals surface area contributed by atoms with Gasteiger partial charge >= 0.3 is 6.36 Å². The Balaban J connectivity index is 1.18. The molecule has 0 spiro atoms. The van der Waals surface area contributed by atoms with Crippen molar-refractivity contribution in [3.05, 3.63) is 83.7 Å². The van der Waals surface area contributed by atoms with Gasteiger partial charge in [0.2, 0.25) is 0 Å². The number of benzene rings is 3. The van der Waals surface area contributed by atoms with Gasteiger partial charge in [0.1, 0.15) is 18.2 Å². The zero-order chi connectivity index (χ0) is 26.7. The van der Waals surface area contributed by atoms with Gasteiger partial charge in [-0.25, -0.2) is 4.98 Å². The highest BCUT2D eigenvalue weighted by atomic mass is 19.4. The number of nitrogens with zero attached hydrogens (tertiary/aromatic N) is 2. The van der Waals surface area contributed by atoms with Crippen molar-refractivity contribution in [2.45, 2.75) is 31.7 Å². The summed E-state index contributed by atoms with van der Waals surface area (Å²) < 4.78 is 52.1. The molecule has 1 aliphatic rings. The summed E-state index contributed by atoms with van der Waals surface area (Å²) in [7, 11) is 1.48. The van der Waals surface area contributed by atoms with Crippen LogP contribution in [0.5, 0.6) is 17.2 Å². The summed E-state index contributed by atoms with van der Waals surface area (Å²) in [6, 6.07) is 18.3. The van der Waals surface area contributed by atoms with Gasteiger partial charge in [-0.1, -0.05) is 24.3 Å². The smallest absolute Gasteiger partial charge is 0.493 e. The Hall–Kier alpha value is -4.21. The summed E-state index contributed by atoms with van der Waals surface area (Å²) >= 11 is 0. The highest BCUT2D eigenvalue weighted by Gasteiger charge is 2.31. The number of hydrogen-bond acceptors (Lipinski definition) is 5. The molecule has 3 aromatic carbocycles. The number of H-pyrrole nitrogens is 1. The van der Waals surface area contributed by atoms with E-state index in [0.717, 1.165) is 29.7 Å². The number of para-hydroxylation sites is 2. The molecule has 1 fully saturated rings. The number of ether oxygens (including phenoxy) is 3. The number of imidazole rings is 1. The van der Waals surface area contributed by atoms with Crippen LogP contribution in [0.25, 0.3) is 11.0 Å². The van der Waals surface area contributed by atoms with Gasteiger partial charge in [0.25, 0.3) is 5.91 Å². The Morgan fingerprint density at radius 3 is 2.45 bits per heavy atom. The summed E-state index contributed by atoms with van der Waals surface area (Å²) in [5.74, 6) is 1.66. The lowest BCUT2D eigenvalue weighted by Crippen LogP contribution is -2.38. The Morgan fingerprint density at radius 2 is 1.76 bits per heavy atom. The molecular weight excluding hydrogens is 499 g/mol. The third kappa shape index (κ3) is 5.85. The van der Waals surface area contributed by atoms with Crippen molar-refractivity contribution in [3.63, 3.8) is 0 Å². The Morgan fingerprint density at radius 1 is 1.03 bits per heavy atom. The Bertz CT molecular complexity index is 1380. The fourth-order valence-electron chi connectivity index (χ4n) is 4.57. The topological polar surface area (TPSA) is 76.7 Å². The number of likely N-dealkylation sites (tertiary alicyclic amines) is 1. The molecule has 4 aromatic rings. The van der Waals surface area contributed by atoms with E-state index in [1.54, 1.807) is 18.2 Å². The number of carbonyl (C=O) groups is 1. The van der Waals surface area contributed by atoms with Gasteiger partial charge in [0, 0.05) is 24.6 Å². The third-order valence-corrected chi connectivity index (χ3v) is 6.54. The molecule has 10 heteroatoms. The molecule has 0 radical (unpaired) electrons. The molecule has 1 N–H and O–H groups in total. The van der Waals surface area contributed by atoms with Gasteiger partial charge in [0.05, 0.1) is 18.1 Å². The lowest BCUT2D eigenvalue weighted by Gasteiger charge is -2.31. The number of alkyl halides is 3. The molecule has 198 valence electrons. The maximum Gasteiger partial charge on any atom is 0.573 e. The monoisotopic (exact) mass is 525 g/mol. The molecule has 1 amide bonds. The second-order valence-corrected chi connectivity index (χ2v) is 9.05. The second-order valence-electron chi connectivity index (χ2n) is 9.05. The van der Waals surface area contributed by atoms with Crippen LogP contribution in [-0.2, 0) is 6.61 Å². The molecule has 1 saturated heterocycles. The van der Waals surface area contributed by atoms with Gasteiger partial charge in [-0.05, 0) is 60.9 Å². The molecule has 0 saturated carbocycles. The zero-order valence-electron chi connectivity index (χ0n) is 20.6. The molecule has 0 bridgehead atoms. The Labute approximate surface area is 217 Å². The van der Waals surface area contributed by atoms with Crippen molar-refractivity contribution < 1.29 is 32.2 Å². The van der Waals surface area contributed by atoms with Crippen molar-refractivity contribution in [2.75, 3.05) is 20.2 Å². The molecule has 0 atom stereocenters. The number of hydrogen-bond donors (Lipinski definition) is 1. The number of aromatic nitrogens is 2. The molecule has 5 rings (SSSR count). The number of fused-ring (bicyclic) bond motifs is 1. The molecule has 0 aliphatic carbocycles. The molecule has 1 aromatic heterocycles. The maximum absolute atomic E-state index is 13.2. The first-order valence-corrected chi connectivity index (χ1v) is 12.2. The number of nitrogens with one attached hydrogen (secondary N) is 1. The van der Waals surface area contributed by atoms with Crippen molar-refractivity contribution in [3.8, 4) is 17.2 Å². The first kappa shape index (κ1) is 25.4. The van der Waals surface area contributed by atoms with Crippen LogP contribution in [0.4, 0.5) is 13.2 Å². The minimum absolute atomic E-state index is 0.0850. The number of methoxy groups -OCH3 is 1. The van der Waals surface area contributed by atoms with Gasteiger partial charge < -0.3 is 24.1 Å². The minimum atomic E-state index is -4.74. The Kier molecular flexibility index (Phi) is 7.13. The summed E-state index contributed by atoms with van der Waals surface area (Å²) in [4.78, 5) is 23.1. The highest BCUT2D eigenvalue weighted by molar-refractivity contribution is 5.95. The summed E-state index contributed by atoms with van der Waals surface area (Å²) in [5.41, 5.74) is 3.10. The van der Waals surface area contributed by atoms with Crippen LogP contribution in [0.1, 0.15) is 40.5 Å².